The summed E-state index contributed by atoms with van der Waals surface area (Å²) in [5.41, 5.74) is 21.6. The van der Waals surface area contributed by atoms with E-state index < -0.39 is 12.1 Å². The Morgan fingerprint density at radius 1 is 0.750 bits per heavy atom. The number of nitrogens with two attached hydrogens (primary N) is 3. The first-order chi connectivity index (χ1) is 15.4. The molecule has 162 valence electrons. The number of Topliss-reactive ketones (excluding diaryl/α,β-unsaturated/α-hetero) is 1. The van der Waals surface area contributed by atoms with Crippen LogP contribution in [0.1, 0.15) is 49.4 Å². The van der Waals surface area contributed by atoms with Crippen molar-refractivity contribution in [3.8, 4) is 0 Å². The maximum absolute atomic E-state index is 13.0. The standard InChI is InChI=1S/C26H25N3O3/c27-20(26(32)22(29)13-15-6-2-1-3-7-15)11-10-16-12-19-23(21(28)14-16)25(31)18-9-5-4-8-17(18)24(19)30/h1-9,12,14,20,22H,10-11,13,27-29H2/t20?,22-/m0/s1. The molecule has 0 heterocycles. The van der Waals surface area contributed by atoms with Crippen LogP contribution in [0.3, 0.4) is 0 Å². The van der Waals surface area contributed by atoms with Crippen molar-refractivity contribution in [2.45, 2.75) is 31.3 Å². The Bertz CT molecular complexity index is 1200. The Morgan fingerprint density at radius 3 is 2.06 bits per heavy atom. The van der Waals surface area contributed by atoms with Crippen LogP contribution in [0.2, 0.25) is 0 Å². The molecule has 6 heteroatoms. The zero-order valence-electron chi connectivity index (χ0n) is 17.6. The van der Waals surface area contributed by atoms with Crippen molar-refractivity contribution >= 4 is 23.0 Å². The van der Waals surface area contributed by atoms with Crippen LogP contribution >= 0.6 is 0 Å². The highest BCUT2D eigenvalue weighted by atomic mass is 16.1. The molecule has 4 rings (SSSR count). The van der Waals surface area contributed by atoms with Crippen molar-refractivity contribution < 1.29 is 14.4 Å². The summed E-state index contributed by atoms with van der Waals surface area (Å²) in [4.78, 5) is 38.4. The van der Waals surface area contributed by atoms with Gasteiger partial charge in [-0.2, -0.15) is 0 Å². The van der Waals surface area contributed by atoms with Gasteiger partial charge in [0.2, 0.25) is 0 Å². The molecule has 0 aromatic heterocycles. The van der Waals surface area contributed by atoms with Gasteiger partial charge in [0.15, 0.2) is 17.3 Å². The lowest BCUT2D eigenvalue weighted by Crippen LogP contribution is -2.44. The first kappa shape index (κ1) is 21.6. The van der Waals surface area contributed by atoms with Crippen LogP contribution in [-0.2, 0) is 17.6 Å². The third-order valence-corrected chi connectivity index (χ3v) is 5.89. The highest BCUT2D eigenvalue weighted by Gasteiger charge is 2.31. The van der Waals surface area contributed by atoms with Crippen molar-refractivity contribution in [1.82, 2.24) is 0 Å². The molecule has 0 spiro atoms. The fourth-order valence-electron chi connectivity index (χ4n) is 4.17. The van der Waals surface area contributed by atoms with E-state index in [1.165, 1.54) is 0 Å². The SMILES string of the molecule is Nc1cc(CCC(N)C(=O)[C@@H](N)Cc2ccccc2)cc2c1C(=O)c1ccccc1C2=O. The summed E-state index contributed by atoms with van der Waals surface area (Å²) < 4.78 is 0. The highest BCUT2D eigenvalue weighted by Crippen LogP contribution is 2.32. The van der Waals surface area contributed by atoms with Crippen molar-refractivity contribution in [3.63, 3.8) is 0 Å². The maximum atomic E-state index is 13.0. The predicted molar refractivity (Wildman–Crippen MR) is 124 cm³/mol. The van der Waals surface area contributed by atoms with Crippen molar-refractivity contribution in [2.75, 3.05) is 5.73 Å². The molecule has 32 heavy (non-hydrogen) atoms. The number of carbonyl (C=O) groups excluding carboxylic acids is 3. The molecular weight excluding hydrogens is 402 g/mol. The number of nitrogen functional groups attached to an aromatic ring is 1. The molecule has 0 saturated heterocycles. The van der Waals surface area contributed by atoms with Gasteiger partial charge < -0.3 is 17.2 Å². The third-order valence-electron chi connectivity index (χ3n) is 5.89. The summed E-state index contributed by atoms with van der Waals surface area (Å²) in [6.07, 6.45) is 1.22. The topological polar surface area (TPSA) is 129 Å². The van der Waals surface area contributed by atoms with Gasteiger partial charge in [-0.05, 0) is 42.5 Å². The first-order valence-corrected chi connectivity index (χ1v) is 10.6. The Balaban J connectivity index is 1.47. The minimum atomic E-state index is -0.732. The molecule has 2 atom stereocenters. The molecule has 1 aliphatic rings. The van der Waals surface area contributed by atoms with Crippen molar-refractivity contribution in [2.24, 2.45) is 11.5 Å². The Labute approximate surface area is 186 Å². The summed E-state index contributed by atoms with van der Waals surface area (Å²) in [6.45, 7) is 0. The van der Waals surface area contributed by atoms with E-state index >= 15 is 0 Å². The molecule has 1 aliphatic carbocycles. The fourth-order valence-corrected chi connectivity index (χ4v) is 4.17. The van der Waals surface area contributed by atoms with E-state index in [-0.39, 0.29) is 28.6 Å². The average molecular weight is 428 g/mol. The normalized spacial score (nSPS) is 14.4. The lowest BCUT2D eigenvalue weighted by molar-refractivity contribution is -0.121. The molecule has 0 bridgehead atoms. The summed E-state index contributed by atoms with van der Waals surface area (Å²) in [6, 6.07) is 18.2. The largest absolute Gasteiger partial charge is 0.398 e. The molecule has 0 aliphatic heterocycles. The van der Waals surface area contributed by atoms with E-state index in [0.29, 0.717) is 36.0 Å². The van der Waals surface area contributed by atoms with E-state index in [1.54, 1.807) is 36.4 Å². The predicted octanol–water partition coefficient (Wildman–Crippen LogP) is 2.44. The number of ketones is 3. The number of hydrogen-bond donors (Lipinski definition) is 3. The van der Waals surface area contributed by atoms with Crippen LogP contribution < -0.4 is 17.2 Å². The van der Waals surface area contributed by atoms with Gasteiger partial charge in [0.1, 0.15) is 0 Å². The molecule has 0 amide bonds. The van der Waals surface area contributed by atoms with Gasteiger partial charge in [0, 0.05) is 22.4 Å². The smallest absolute Gasteiger partial charge is 0.196 e. The zero-order chi connectivity index (χ0) is 22.8. The number of aryl methyl sites for hydroxylation is 1. The summed E-state index contributed by atoms with van der Waals surface area (Å²) >= 11 is 0. The van der Waals surface area contributed by atoms with E-state index in [9.17, 15) is 14.4 Å². The third kappa shape index (κ3) is 4.10. The van der Waals surface area contributed by atoms with Crippen LogP contribution in [0.4, 0.5) is 5.69 Å². The number of anilines is 1. The minimum Gasteiger partial charge on any atom is -0.398 e. The van der Waals surface area contributed by atoms with Gasteiger partial charge in [-0.3, -0.25) is 14.4 Å². The second-order valence-corrected chi connectivity index (χ2v) is 8.16. The van der Waals surface area contributed by atoms with E-state index in [4.69, 9.17) is 17.2 Å². The van der Waals surface area contributed by atoms with Gasteiger partial charge in [0.25, 0.3) is 0 Å². The molecule has 1 unspecified atom stereocenters. The van der Waals surface area contributed by atoms with Crippen LogP contribution in [0.5, 0.6) is 0 Å². The molecule has 6 N–H and O–H groups in total. The fraction of sp³-hybridized carbons (Fsp3) is 0.192. The van der Waals surface area contributed by atoms with E-state index in [2.05, 4.69) is 0 Å². The Kier molecular flexibility index (Phi) is 5.99. The molecule has 0 saturated carbocycles. The molecule has 0 radical (unpaired) electrons. The number of hydrogen-bond acceptors (Lipinski definition) is 6. The summed E-state index contributed by atoms with van der Waals surface area (Å²) in [5, 5.41) is 0. The quantitative estimate of drug-likeness (QED) is 0.389. The lowest BCUT2D eigenvalue weighted by Gasteiger charge is -2.20. The molecule has 6 nitrogen and oxygen atoms in total. The highest BCUT2D eigenvalue weighted by molar-refractivity contribution is 6.30. The van der Waals surface area contributed by atoms with E-state index in [1.807, 2.05) is 30.3 Å². The number of fused-ring (bicyclic) bond motifs is 2. The van der Waals surface area contributed by atoms with Crippen molar-refractivity contribution in [1.29, 1.82) is 0 Å². The second kappa shape index (κ2) is 8.86. The monoisotopic (exact) mass is 427 g/mol. The second-order valence-electron chi connectivity index (χ2n) is 8.16. The van der Waals surface area contributed by atoms with Gasteiger partial charge in [0.05, 0.1) is 17.6 Å². The van der Waals surface area contributed by atoms with Gasteiger partial charge >= 0.3 is 0 Å². The van der Waals surface area contributed by atoms with E-state index in [0.717, 1.165) is 11.1 Å². The van der Waals surface area contributed by atoms with Crippen LogP contribution in [0.15, 0.2) is 66.7 Å². The number of carbonyl (C=O) groups is 3. The average Bonchev–Trinajstić information content (AvgIpc) is 2.80. The van der Waals surface area contributed by atoms with Crippen LogP contribution in [0.25, 0.3) is 0 Å². The minimum absolute atomic E-state index is 0.208. The molecule has 0 fully saturated rings. The number of rotatable bonds is 7. The summed E-state index contributed by atoms with van der Waals surface area (Å²) in [5.74, 6) is -0.688. The first-order valence-electron chi connectivity index (χ1n) is 10.6. The van der Waals surface area contributed by atoms with Crippen LogP contribution in [-0.4, -0.2) is 29.4 Å². The Hall–Kier alpha value is -3.61. The molecule has 3 aromatic carbocycles. The lowest BCUT2D eigenvalue weighted by atomic mass is 9.82. The van der Waals surface area contributed by atoms with Gasteiger partial charge in [-0.1, -0.05) is 54.6 Å². The maximum Gasteiger partial charge on any atom is 0.196 e. The molecular formula is C26H25N3O3. The molecule has 3 aromatic rings. The van der Waals surface area contributed by atoms with Gasteiger partial charge in [-0.15, -0.1) is 0 Å². The Morgan fingerprint density at radius 2 is 1.38 bits per heavy atom. The van der Waals surface area contributed by atoms with Crippen LogP contribution in [0, 0.1) is 0 Å². The summed E-state index contributed by atoms with van der Waals surface area (Å²) in [7, 11) is 0. The zero-order valence-corrected chi connectivity index (χ0v) is 17.6. The van der Waals surface area contributed by atoms with Crippen molar-refractivity contribution in [3.05, 3.63) is 100 Å². The number of benzene rings is 3. The van der Waals surface area contributed by atoms with Gasteiger partial charge in [-0.25, -0.2) is 0 Å².